The van der Waals surface area contributed by atoms with Crippen LogP contribution < -0.4 is 4.74 Å². The molecule has 3 heterocycles. The van der Waals surface area contributed by atoms with Crippen molar-refractivity contribution in [2.45, 2.75) is 50.4 Å². The van der Waals surface area contributed by atoms with Crippen LogP contribution in [0, 0.1) is 5.92 Å². The number of nitrogens with zero attached hydrogens (tertiary/aromatic N) is 4. The maximum absolute atomic E-state index is 13.6. The van der Waals surface area contributed by atoms with E-state index in [1.165, 1.54) is 7.11 Å². The molecule has 10 heteroatoms. The molecule has 0 radical (unpaired) electrons. The van der Waals surface area contributed by atoms with Crippen molar-refractivity contribution < 1.29 is 28.2 Å². The zero-order valence-corrected chi connectivity index (χ0v) is 25.8. The Labute approximate surface area is 267 Å². The van der Waals surface area contributed by atoms with Crippen LogP contribution in [0.2, 0.25) is 0 Å². The van der Waals surface area contributed by atoms with Gasteiger partial charge in [-0.15, -0.1) is 5.10 Å². The summed E-state index contributed by atoms with van der Waals surface area (Å²) in [5.74, 6) is -1.81. The van der Waals surface area contributed by atoms with E-state index in [1.807, 2.05) is 24.3 Å². The zero-order valence-electron chi connectivity index (χ0n) is 25.8. The molecule has 1 unspecified atom stereocenters. The molecule has 46 heavy (non-hydrogen) atoms. The molecule has 1 saturated heterocycles. The molecular formula is C36H37FN4O5. The number of esters is 2. The third-order valence-corrected chi connectivity index (χ3v) is 9.42. The molecule has 1 aromatic heterocycles. The normalized spacial score (nSPS) is 18.6. The van der Waals surface area contributed by atoms with Crippen LogP contribution in [0.5, 0.6) is 5.75 Å². The predicted octanol–water partition coefficient (Wildman–Crippen LogP) is 5.27. The van der Waals surface area contributed by atoms with E-state index in [2.05, 4.69) is 57.7 Å². The van der Waals surface area contributed by atoms with Crippen molar-refractivity contribution in [3.05, 3.63) is 101 Å². The minimum absolute atomic E-state index is 0.00787. The number of piperidine rings is 1. The molecule has 0 bridgehead atoms. The molecule has 9 nitrogen and oxygen atoms in total. The molecule has 2 aliphatic heterocycles. The van der Waals surface area contributed by atoms with Gasteiger partial charge in [-0.3, -0.25) is 14.5 Å². The largest absolute Gasteiger partial charge is 0.493 e. The molecular weight excluding hydrogens is 587 g/mol. The number of benzene rings is 3. The van der Waals surface area contributed by atoms with Crippen molar-refractivity contribution >= 4 is 11.9 Å². The summed E-state index contributed by atoms with van der Waals surface area (Å²) in [5, 5.41) is 8.70. The second-order valence-corrected chi connectivity index (χ2v) is 12.3. The zero-order chi connectivity index (χ0) is 31.6. The smallest absolute Gasteiger partial charge is 0.320 e. The van der Waals surface area contributed by atoms with Gasteiger partial charge in [0.2, 0.25) is 0 Å². The van der Waals surface area contributed by atoms with Gasteiger partial charge < -0.3 is 14.2 Å². The number of halogens is 1. The number of methoxy groups -OCH3 is 1. The Bertz CT molecular complexity index is 1690. The summed E-state index contributed by atoms with van der Waals surface area (Å²) in [6, 6.07) is 22.3. The highest BCUT2D eigenvalue weighted by atomic mass is 19.1. The number of carbonyl (C=O) groups excluding carboxylic acids is 2. The molecule has 0 N–H and O–H groups in total. The Balaban J connectivity index is 1.03. The van der Waals surface area contributed by atoms with Crippen molar-refractivity contribution in [1.29, 1.82) is 0 Å². The van der Waals surface area contributed by atoms with E-state index >= 15 is 0 Å². The van der Waals surface area contributed by atoms with Crippen LogP contribution in [0.4, 0.5) is 4.39 Å². The molecule has 7 rings (SSSR count). The SMILES string of the molecule is COC(=O)C(Cc1cn([C@@H]2CCOc3cc(CN4CCC(F)CC4)ccc32)nn1)C(=O)OCC1c2ccccc2-c2ccccc21. The molecule has 1 aliphatic carbocycles. The van der Waals surface area contributed by atoms with Gasteiger partial charge in [-0.05, 0) is 46.7 Å². The average molecular weight is 625 g/mol. The van der Waals surface area contributed by atoms with Gasteiger partial charge in [0.05, 0.1) is 25.5 Å². The standard InChI is InChI=1S/C36H37FN4O5/c1-44-35(42)31(36(43)46-22-32-28-8-4-2-6-26(28)27-7-3-5-9-29(27)32)19-25-21-41(39-38-25)33-14-17-45-34-18-23(10-11-30(33)34)20-40-15-12-24(37)13-16-40/h2-11,18,21,24,31-33H,12-17,19-20,22H2,1H3/t31?,33-/m1/s1. The number of alkyl halides is 1. The first-order valence-electron chi connectivity index (χ1n) is 15.9. The minimum atomic E-state index is -1.17. The van der Waals surface area contributed by atoms with Crippen LogP contribution in [0.1, 0.15) is 59.2 Å². The molecule has 4 aromatic rings. The highest BCUT2D eigenvalue weighted by Gasteiger charge is 2.34. The Morgan fingerprint density at radius 2 is 1.67 bits per heavy atom. The second kappa shape index (κ2) is 13.0. The fourth-order valence-electron chi connectivity index (χ4n) is 6.98. The minimum Gasteiger partial charge on any atom is -0.493 e. The predicted molar refractivity (Wildman–Crippen MR) is 168 cm³/mol. The Morgan fingerprint density at radius 3 is 2.39 bits per heavy atom. The summed E-state index contributed by atoms with van der Waals surface area (Å²) < 4.78 is 32.2. The lowest BCUT2D eigenvalue weighted by Crippen LogP contribution is -2.33. The van der Waals surface area contributed by atoms with Crippen molar-refractivity contribution in [2.75, 3.05) is 33.4 Å². The van der Waals surface area contributed by atoms with Crippen LogP contribution in [-0.2, 0) is 32.0 Å². The van der Waals surface area contributed by atoms with Gasteiger partial charge in [0.1, 0.15) is 18.5 Å². The number of hydrogen-bond donors (Lipinski definition) is 0. The quantitative estimate of drug-likeness (QED) is 0.184. The van der Waals surface area contributed by atoms with Gasteiger partial charge in [0.25, 0.3) is 0 Å². The topological polar surface area (TPSA) is 95.8 Å². The summed E-state index contributed by atoms with van der Waals surface area (Å²) in [5.41, 5.74) is 7.06. The second-order valence-electron chi connectivity index (χ2n) is 12.3. The first kappa shape index (κ1) is 30.1. The fourth-order valence-corrected chi connectivity index (χ4v) is 6.98. The summed E-state index contributed by atoms with van der Waals surface area (Å²) >= 11 is 0. The van der Waals surface area contributed by atoms with Gasteiger partial charge in [-0.2, -0.15) is 0 Å². The van der Waals surface area contributed by atoms with Gasteiger partial charge in [0, 0.05) is 50.2 Å². The van der Waals surface area contributed by atoms with Crippen molar-refractivity contribution in [1.82, 2.24) is 19.9 Å². The van der Waals surface area contributed by atoms with Gasteiger partial charge in [-0.25, -0.2) is 9.07 Å². The molecule has 1 fully saturated rings. The van der Waals surface area contributed by atoms with Gasteiger partial charge in [-0.1, -0.05) is 65.9 Å². The van der Waals surface area contributed by atoms with E-state index in [9.17, 15) is 14.0 Å². The number of aromatic nitrogens is 3. The summed E-state index contributed by atoms with van der Waals surface area (Å²) in [7, 11) is 1.26. The van der Waals surface area contributed by atoms with Gasteiger partial charge >= 0.3 is 11.9 Å². The number of rotatable bonds is 9. The average Bonchev–Trinajstić information content (AvgIpc) is 3.69. The van der Waals surface area contributed by atoms with E-state index < -0.39 is 24.0 Å². The Hall–Kier alpha value is -4.57. The third kappa shape index (κ3) is 6.01. The van der Waals surface area contributed by atoms with Crippen molar-refractivity contribution in [3.8, 4) is 16.9 Å². The van der Waals surface area contributed by atoms with E-state index in [0.717, 1.165) is 58.8 Å². The van der Waals surface area contributed by atoms with Crippen LogP contribution in [0.25, 0.3) is 11.1 Å². The molecule has 2 atom stereocenters. The number of likely N-dealkylation sites (tertiary alicyclic amines) is 1. The first-order valence-corrected chi connectivity index (χ1v) is 15.9. The molecule has 238 valence electrons. The van der Waals surface area contributed by atoms with Crippen LogP contribution in [-0.4, -0.2) is 71.4 Å². The lowest BCUT2D eigenvalue weighted by molar-refractivity contribution is -0.160. The third-order valence-electron chi connectivity index (χ3n) is 9.42. The monoisotopic (exact) mass is 624 g/mol. The molecule has 3 aromatic carbocycles. The molecule has 0 saturated carbocycles. The maximum Gasteiger partial charge on any atom is 0.320 e. The van der Waals surface area contributed by atoms with Crippen molar-refractivity contribution in [3.63, 3.8) is 0 Å². The molecule has 0 spiro atoms. The number of hydrogen-bond acceptors (Lipinski definition) is 8. The highest BCUT2D eigenvalue weighted by Crippen LogP contribution is 2.44. The number of fused-ring (bicyclic) bond motifs is 4. The highest BCUT2D eigenvalue weighted by molar-refractivity contribution is 5.95. The molecule has 3 aliphatic rings. The van der Waals surface area contributed by atoms with Gasteiger partial charge in [0.15, 0.2) is 5.92 Å². The van der Waals surface area contributed by atoms with Crippen molar-refractivity contribution in [2.24, 2.45) is 5.92 Å². The van der Waals surface area contributed by atoms with E-state index in [1.54, 1.807) is 10.9 Å². The summed E-state index contributed by atoms with van der Waals surface area (Å²) in [6.07, 6.45) is 2.95. The fraction of sp³-hybridized carbons (Fsp3) is 0.389. The Morgan fingerprint density at radius 1 is 0.957 bits per heavy atom. The first-order chi connectivity index (χ1) is 22.5. The molecule has 0 amide bonds. The van der Waals surface area contributed by atoms with E-state index in [0.29, 0.717) is 31.6 Å². The van der Waals surface area contributed by atoms with Crippen LogP contribution in [0.3, 0.4) is 0 Å². The lowest BCUT2D eigenvalue weighted by Gasteiger charge is -2.30. The number of ether oxygens (including phenoxy) is 3. The van der Waals surface area contributed by atoms with Crippen LogP contribution >= 0.6 is 0 Å². The van der Waals surface area contributed by atoms with Crippen LogP contribution in [0.15, 0.2) is 72.9 Å². The van der Waals surface area contributed by atoms with E-state index in [-0.39, 0.29) is 25.0 Å². The van der Waals surface area contributed by atoms with E-state index in [4.69, 9.17) is 14.2 Å². The Kier molecular flexibility index (Phi) is 8.53. The summed E-state index contributed by atoms with van der Waals surface area (Å²) in [6.45, 7) is 2.90. The lowest BCUT2D eigenvalue weighted by atomic mass is 9.97. The number of carbonyl (C=O) groups is 2. The maximum atomic E-state index is 13.6. The summed E-state index contributed by atoms with van der Waals surface area (Å²) in [4.78, 5) is 28.4.